The van der Waals surface area contributed by atoms with Gasteiger partial charge in [0, 0.05) is 19.2 Å². The van der Waals surface area contributed by atoms with Crippen molar-refractivity contribution in [3.05, 3.63) is 26.4 Å². The Balaban J connectivity index is 2.49. The second kappa shape index (κ2) is 3.84. The predicted octanol–water partition coefficient (Wildman–Crippen LogP) is 0.595. The molecular formula is C10H13N3O2. The van der Waals surface area contributed by atoms with Crippen LogP contribution in [0.1, 0.15) is 25.3 Å². The highest BCUT2D eigenvalue weighted by Crippen LogP contribution is 2.14. The summed E-state index contributed by atoms with van der Waals surface area (Å²) in [7, 11) is 0. The van der Waals surface area contributed by atoms with Gasteiger partial charge in [0.15, 0.2) is 0 Å². The van der Waals surface area contributed by atoms with Gasteiger partial charge in [0.2, 0.25) is 0 Å². The Morgan fingerprint density at radius 2 is 2.33 bits per heavy atom. The Labute approximate surface area is 86.5 Å². The molecule has 5 heteroatoms. The van der Waals surface area contributed by atoms with Crippen molar-refractivity contribution in [2.45, 2.75) is 32.7 Å². The molecule has 0 fully saturated rings. The first-order valence-electron chi connectivity index (χ1n) is 5.12. The monoisotopic (exact) mass is 207 g/mol. The molecule has 80 valence electrons. The predicted molar refractivity (Wildman–Crippen MR) is 58.1 cm³/mol. The van der Waals surface area contributed by atoms with E-state index >= 15 is 0 Å². The summed E-state index contributed by atoms with van der Waals surface area (Å²) in [5.41, 5.74) is 0.0525. The van der Waals surface area contributed by atoms with Gasteiger partial charge in [0.1, 0.15) is 5.82 Å². The number of aliphatic imine (C=N–C) groups is 1. The summed E-state index contributed by atoms with van der Waals surface area (Å²) in [5.74, 6) is 0.428. The van der Waals surface area contributed by atoms with Crippen LogP contribution < -0.4 is 11.2 Å². The third-order valence-electron chi connectivity index (χ3n) is 2.51. The van der Waals surface area contributed by atoms with Gasteiger partial charge >= 0.3 is 5.69 Å². The van der Waals surface area contributed by atoms with E-state index in [-0.39, 0.29) is 11.2 Å². The third kappa shape index (κ3) is 1.65. The molecule has 1 aromatic heterocycles. The number of hydrogen-bond acceptors (Lipinski definition) is 3. The first-order valence-corrected chi connectivity index (χ1v) is 5.12. The lowest BCUT2D eigenvalue weighted by atomic mass is 10.2. The van der Waals surface area contributed by atoms with Crippen molar-refractivity contribution in [3.63, 3.8) is 0 Å². The quantitative estimate of drug-likeness (QED) is 0.788. The molecule has 0 saturated carbocycles. The van der Waals surface area contributed by atoms with Gasteiger partial charge in [0.05, 0.1) is 5.56 Å². The number of nitrogens with zero attached hydrogens (tertiary/aromatic N) is 2. The second-order valence-corrected chi connectivity index (χ2v) is 3.58. The number of nitrogens with one attached hydrogen (secondary N) is 1. The van der Waals surface area contributed by atoms with Crippen LogP contribution >= 0.6 is 0 Å². The average Bonchev–Trinajstić information content (AvgIpc) is 2.65. The van der Waals surface area contributed by atoms with Crippen molar-refractivity contribution in [1.29, 1.82) is 0 Å². The molecule has 0 amide bonds. The molecule has 0 atom stereocenters. The summed E-state index contributed by atoms with van der Waals surface area (Å²) in [6.45, 7) is 2.51. The molecule has 1 aliphatic rings. The molecule has 0 unspecified atom stereocenters. The van der Waals surface area contributed by atoms with Gasteiger partial charge in [-0.2, -0.15) is 0 Å². The number of fused-ring (bicyclic) bond motifs is 1. The number of H-pyrrole nitrogens is 1. The van der Waals surface area contributed by atoms with Crippen LogP contribution in [-0.4, -0.2) is 15.8 Å². The molecule has 1 aromatic rings. The Morgan fingerprint density at radius 1 is 1.53 bits per heavy atom. The molecule has 2 rings (SSSR count). The van der Waals surface area contributed by atoms with Crippen LogP contribution in [0.25, 0.3) is 0 Å². The molecular weight excluding hydrogens is 194 g/mol. The van der Waals surface area contributed by atoms with Crippen LogP contribution in [0.2, 0.25) is 0 Å². The van der Waals surface area contributed by atoms with Crippen LogP contribution in [0.15, 0.2) is 14.6 Å². The number of unbranched alkanes of at least 4 members (excludes halogenated alkanes) is 1. The normalized spacial score (nSPS) is 13.1. The molecule has 1 aliphatic heterocycles. The minimum atomic E-state index is -0.355. The molecule has 15 heavy (non-hydrogen) atoms. The van der Waals surface area contributed by atoms with E-state index in [0.717, 1.165) is 12.8 Å². The van der Waals surface area contributed by atoms with Gasteiger partial charge < -0.3 is 0 Å². The van der Waals surface area contributed by atoms with Crippen molar-refractivity contribution in [2.75, 3.05) is 0 Å². The largest absolute Gasteiger partial charge is 0.329 e. The number of rotatable bonds is 3. The van der Waals surface area contributed by atoms with Crippen LogP contribution in [0.5, 0.6) is 0 Å². The van der Waals surface area contributed by atoms with Crippen molar-refractivity contribution in [2.24, 2.45) is 4.99 Å². The minimum Gasteiger partial charge on any atom is -0.291 e. The van der Waals surface area contributed by atoms with Gasteiger partial charge in [0.25, 0.3) is 5.56 Å². The van der Waals surface area contributed by atoms with Crippen molar-refractivity contribution >= 4 is 12.0 Å². The smallest absolute Gasteiger partial charge is 0.291 e. The van der Waals surface area contributed by atoms with E-state index in [1.165, 1.54) is 4.57 Å². The van der Waals surface area contributed by atoms with Crippen LogP contribution in [-0.2, 0) is 13.0 Å². The number of aromatic nitrogens is 2. The van der Waals surface area contributed by atoms with E-state index < -0.39 is 0 Å². The van der Waals surface area contributed by atoms with Gasteiger partial charge in [-0.1, -0.05) is 13.3 Å². The summed E-state index contributed by atoms with van der Waals surface area (Å²) < 4.78 is 1.26. The summed E-state index contributed by atoms with van der Waals surface area (Å²) in [4.78, 5) is 30.0. The van der Waals surface area contributed by atoms with Gasteiger partial charge in [-0.15, -0.1) is 0 Å². The fourth-order valence-corrected chi connectivity index (χ4v) is 1.64. The minimum absolute atomic E-state index is 0.195. The van der Waals surface area contributed by atoms with Gasteiger partial charge in [-0.25, -0.2) is 9.79 Å². The van der Waals surface area contributed by atoms with E-state index in [9.17, 15) is 9.59 Å². The molecule has 0 spiro atoms. The summed E-state index contributed by atoms with van der Waals surface area (Å²) in [6, 6.07) is 0. The first kappa shape index (κ1) is 9.89. The fraction of sp³-hybridized carbons (Fsp3) is 0.500. The second-order valence-electron chi connectivity index (χ2n) is 3.58. The fourth-order valence-electron chi connectivity index (χ4n) is 1.64. The molecule has 0 aromatic carbocycles. The molecule has 0 saturated heterocycles. The molecule has 0 bridgehead atoms. The van der Waals surface area contributed by atoms with Crippen molar-refractivity contribution in [3.8, 4) is 0 Å². The molecule has 1 N–H and O–H groups in total. The maximum absolute atomic E-state index is 11.9. The Hall–Kier alpha value is -1.65. The lowest BCUT2D eigenvalue weighted by molar-refractivity contribution is 0.580. The Kier molecular flexibility index (Phi) is 2.53. The van der Waals surface area contributed by atoms with Crippen LogP contribution in [0, 0.1) is 0 Å². The maximum Gasteiger partial charge on any atom is 0.329 e. The first-order chi connectivity index (χ1) is 7.24. The van der Waals surface area contributed by atoms with Crippen LogP contribution in [0.3, 0.4) is 0 Å². The maximum atomic E-state index is 11.9. The number of hydrogen-bond donors (Lipinski definition) is 1. The van der Waals surface area contributed by atoms with Crippen molar-refractivity contribution in [1.82, 2.24) is 9.55 Å². The van der Waals surface area contributed by atoms with Gasteiger partial charge in [-0.05, 0) is 6.42 Å². The van der Waals surface area contributed by atoms with E-state index in [1.54, 1.807) is 6.21 Å². The highest BCUT2D eigenvalue weighted by Gasteiger charge is 2.15. The molecule has 5 nitrogen and oxygen atoms in total. The Morgan fingerprint density at radius 3 is 3.07 bits per heavy atom. The molecule has 0 radical (unpaired) electrons. The lowest BCUT2D eigenvalue weighted by Gasteiger charge is -2.04. The molecule has 0 aliphatic carbocycles. The number of aromatic amines is 1. The summed E-state index contributed by atoms with van der Waals surface area (Å²) in [6.07, 6.45) is 3.96. The molecule has 2 heterocycles. The highest BCUT2D eigenvalue weighted by atomic mass is 16.2. The lowest BCUT2D eigenvalue weighted by Crippen LogP contribution is -2.36. The zero-order valence-corrected chi connectivity index (χ0v) is 8.62. The highest BCUT2D eigenvalue weighted by molar-refractivity contribution is 5.73. The van der Waals surface area contributed by atoms with E-state index in [2.05, 4.69) is 9.98 Å². The van der Waals surface area contributed by atoms with E-state index in [0.29, 0.717) is 24.3 Å². The van der Waals surface area contributed by atoms with Gasteiger partial charge in [-0.3, -0.25) is 14.3 Å². The third-order valence-corrected chi connectivity index (χ3v) is 2.51. The van der Waals surface area contributed by atoms with Crippen molar-refractivity contribution < 1.29 is 0 Å². The van der Waals surface area contributed by atoms with E-state index in [1.807, 2.05) is 6.92 Å². The zero-order chi connectivity index (χ0) is 10.8. The average molecular weight is 207 g/mol. The van der Waals surface area contributed by atoms with E-state index in [4.69, 9.17) is 0 Å². The Bertz CT molecular complexity index is 510. The summed E-state index contributed by atoms with van der Waals surface area (Å²) >= 11 is 0. The van der Waals surface area contributed by atoms with Crippen LogP contribution in [0.4, 0.5) is 5.82 Å². The zero-order valence-electron chi connectivity index (χ0n) is 8.62. The standard InChI is InChI=1S/C10H13N3O2/c1-2-3-6-13-9(14)7-4-5-11-8(7)12-10(13)15/h5H,2-4,6H2,1H3,(H,12,15). The summed E-state index contributed by atoms with van der Waals surface area (Å²) in [5, 5.41) is 0. The SMILES string of the molecule is CCCCn1c(=O)[nH]c2c(c1=O)CC=N2. The topological polar surface area (TPSA) is 67.2 Å².